The van der Waals surface area contributed by atoms with Gasteiger partial charge in [0, 0.05) is 36.2 Å². The minimum atomic E-state index is -2.59. The highest BCUT2D eigenvalue weighted by atomic mass is 19.3. The number of halogens is 2. The fourth-order valence-electron chi connectivity index (χ4n) is 3.81. The van der Waals surface area contributed by atoms with E-state index in [1.54, 1.807) is 12.3 Å². The van der Waals surface area contributed by atoms with Crippen molar-refractivity contribution in [3.63, 3.8) is 0 Å². The van der Waals surface area contributed by atoms with Crippen molar-refractivity contribution in [2.45, 2.75) is 25.7 Å². The van der Waals surface area contributed by atoms with Crippen LogP contribution in [0.25, 0.3) is 11.3 Å². The molecule has 0 spiro atoms. The monoisotopic (exact) mass is 329 g/mol. The molecule has 0 radical (unpaired) electrons. The van der Waals surface area contributed by atoms with E-state index >= 15 is 0 Å². The van der Waals surface area contributed by atoms with Gasteiger partial charge >= 0.3 is 0 Å². The minimum absolute atomic E-state index is 0.158. The number of benzene rings is 1. The molecular weight excluding hydrogens is 312 g/mol. The van der Waals surface area contributed by atoms with E-state index in [2.05, 4.69) is 15.5 Å². The summed E-state index contributed by atoms with van der Waals surface area (Å²) >= 11 is 0. The molecule has 1 aromatic heterocycles. The van der Waals surface area contributed by atoms with Crippen molar-refractivity contribution in [2.24, 2.45) is 17.8 Å². The van der Waals surface area contributed by atoms with Crippen LogP contribution in [0.4, 0.5) is 14.5 Å². The molecule has 2 aliphatic rings. The highest BCUT2D eigenvalue weighted by Crippen LogP contribution is 2.62. The van der Waals surface area contributed by atoms with Gasteiger partial charge in [0.1, 0.15) is 0 Å². The molecule has 2 saturated carbocycles. The van der Waals surface area contributed by atoms with E-state index in [-0.39, 0.29) is 36.5 Å². The van der Waals surface area contributed by atoms with Crippen molar-refractivity contribution in [1.82, 2.24) is 10.2 Å². The molecular formula is C18H17F2N3O. The van der Waals surface area contributed by atoms with E-state index in [1.807, 2.05) is 31.2 Å². The first-order valence-corrected chi connectivity index (χ1v) is 8.02. The predicted molar refractivity (Wildman–Crippen MR) is 85.5 cm³/mol. The number of aryl methyl sites for hydroxylation is 1. The lowest BCUT2D eigenvalue weighted by Gasteiger charge is -2.14. The predicted octanol–water partition coefficient (Wildman–Crippen LogP) is 3.68. The lowest BCUT2D eigenvalue weighted by atomic mass is 10.0. The molecule has 0 aliphatic heterocycles. The largest absolute Gasteiger partial charge is 0.326 e. The van der Waals surface area contributed by atoms with Crippen LogP contribution in [0.5, 0.6) is 0 Å². The van der Waals surface area contributed by atoms with Gasteiger partial charge in [-0.15, -0.1) is 0 Å². The van der Waals surface area contributed by atoms with E-state index in [9.17, 15) is 13.6 Å². The van der Waals surface area contributed by atoms with Gasteiger partial charge in [0.25, 0.3) is 0 Å². The van der Waals surface area contributed by atoms with Gasteiger partial charge < -0.3 is 5.32 Å². The van der Waals surface area contributed by atoms with Gasteiger partial charge in [-0.3, -0.25) is 4.79 Å². The highest BCUT2D eigenvalue weighted by molar-refractivity contribution is 5.95. The molecule has 4 rings (SSSR count). The van der Waals surface area contributed by atoms with Crippen LogP contribution in [0.1, 0.15) is 18.4 Å². The molecule has 2 aliphatic carbocycles. The summed E-state index contributed by atoms with van der Waals surface area (Å²) in [6, 6.07) is 9.23. The number of hydrogen-bond donors (Lipinski definition) is 1. The molecule has 124 valence electrons. The summed E-state index contributed by atoms with van der Waals surface area (Å²) in [5.74, 6) is -3.34. The first kappa shape index (κ1) is 15.2. The Balaban J connectivity index is 1.49. The van der Waals surface area contributed by atoms with Crippen LogP contribution in [0, 0.1) is 24.7 Å². The third kappa shape index (κ3) is 2.66. The summed E-state index contributed by atoms with van der Waals surface area (Å²) in [6.45, 7) is 1.96. The molecule has 1 aromatic carbocycles. The number of rotatable bonds is 3. The molecule has 6 heteroatoms. The standard InChI is InChI=1S/C18H17F2N3O/c1-10-4-5-11(7-12(10)15-3-2-6-21-23-15)22-17(24)16-13-8-18(19,20)9-14(13)16/h2-7,13-14,16H,8-9H2,1H3,(H,22,24)/t13-,14?,16+/m0/s1. The summed E-state index contributed by atoms with van der Waals surface area (Å²) in [5, 5.41) is 10.8. The Morgan fingerprint density at radius 1 is 1.25 bits per heavy atom. The van der Waals surface area contributed by atoms with Crippen molar-refractivity contribution in [1.29, 1.82) is 0 Å². The van der Waals surface area contributed by atoms with E-state index in [4.69, 9.17) is 0 Å². The molecule has 1 heterocycles. The fourth-order valence-corrected chi connectivity index (χ4v) is 3.81. The Bertz CT molecular complexity index is 780. The van der Waals surface area contributed by atoms with Crippen LogP contribution in [-0.4, -0.2) is 22.0 Å². The first-order chi connectivity index (χ1) is 11.4. The maximum Gasteiger partial charge on any atom is 0.248 e. The smallest absolute Gasteiger partial charge is 0.248 e. The number of anilines is 1. The minimum Gasteiger partial charge on any atom is -0.326 e. The van der Waals surface area contributed by atoms with Gasteiger partial charge in [0.05, 0.1) is 5.69 Å². The molecule has 0 bridgehead atoms. The first-order valence-electron chi connectivity index (χ1n) is 8.02. The van der Waals surface area contributed by atoms with Crippen LogP contribution >= 0.6 is 0 Å². The summed E-state index contributed by atoms with van der Waals surface area (Å²) in [4.78, 5) is 12.3. The maximum absolute atomic E-state index is 13.2. The average molecular weight is 329 g/mol. The van der Waals surface area contributed by atoms with Crippen LogP contribution < -0.4 is 5.32 Å². The third-order valence-corrected chi connectivity index (χ3v) is 5.06. The Morgan fingerprint density at radius 2 is 2.00 bits per heavy atom. The van der Waals surface area contributed by atoms with Gasteiger partial charge in [-0.25, -0.2) is 8.78 Å². The number of fused-ring (bicyclic) bond motifs is 1. The summed E-state index contributed by atoms with van der Waals surface area (Å²) < 4.78 is 26.5. The van der Waals surface area contributed by atoms with Crippen LogP contribution in [0.15, 0.2) is 36.5 Å². The molecule has 1 unspecified atom stereocenters. The van der Waals surface area contributed by atoms with Crippen molar-refractivity contribution >= 4 is 11.6 Å². The lowest BCUT2D eigenvalue weighted by Crippen LogP contribution is -2.21. The number of hydrogen-bond acceptors (Lipinski definition) is 3. The second kappa shape index (κ2) is 5.33. The highest BCUT2D eigenvalue weighted by Gasteiger charge is 2.65. The fraction of sp³-hybridized carbons (Fsp3) is 0.389. The summed E-state index contributed by atoms with van der Waals surface area (Å²) in [7, 11) is 0. The third-order valence-electron chi connectivity index (χ3n) is 5.06. The van der Waals surface area contributed by atoms with E-state index in [1.165, 1.54) is 0 Å². The number of nitrogens with zero attached hydrogens (tertiary/aromatic N) is 2. The SMILES string of the molecule is Cc1ccc(NC(=O)[C@H]2C3CC(F)(F)C[C@@H]32)cc1-c1cccnn1. The molecule has 2 fully saturated rings. The van der Waals surface area contributed by atoms with Crippen molar-refractivity contribution in [2.75, 3.05) is 5.32 Å². The zero-order valence-corrected chi connectivity index (χ0v) is 13.2. The zero-order chi connectivity index (χ0) is 16.9. The molecule has 2 aromatic rings. The van der Waals surface area contributed by atoms with Gasteiger partial charge in [-0.2, -0.15) is 10.2 Å². The van der Waals surface area contributed by atoms with Gasteiger partial charge in [0.2, 0.25) is 11.8 Å². The second-order valence-corrected chi connectivity index (χ2v) is 6.75. The van der Waals surface area contributed by atoms with E-state index < -0.39 is 5.92 Å². The quantitative estimate of drug-likeness (QED) is 0.934. The topological polar surface area (TPSA) is 54.9 Å². The number of nitrogens with one attached hydrogen (secondary N) is 1. The molecule has 1 amide bonds. The van der Waals surface area contributed by atoms with Crippen LogP contribution in [-0.2, 0) is 4.79 Å². The normalized spacial score (nSPS) is 26.7. The number of carbonyl (C=O) groups is 1. The molecule has 24 heavy (non-hydrogen) atoms. The number of carbonyl (C=O) groups excluding carboxylic acids is 1. The van der Waals surface area contributed by atoms with Gasteiger partial charge in [-0.1, -0.05) is 6.07 Å². The van der Waals surface area contributed by atoms with Crippen molar-refractivity contribution < 1.29 is 13.6 Å². The van der Waals surface area contributed by atoms with E-state index in [0.717, 1.165) is 16.8 Å². The Kier molecular flexibility index (Phi) is 3.37. The maximum atomic E-state index is 13.2. The van der Waals surface area contributed by atoms with Crippen molar-refractivity contribution in [3.05, 3.63) is 42.1 Å². The van der Waals surface area contributed by atoms with E-state index in [0.29, 0.717) is 5.69 Å². The molecule has 4 nitrogen and oxygen atoms in total. The van der Waals surface area contributed by atoms with Gasteiger partial charge in [-0.05, 0) is 48.6 Å². The Morgan fingerprint density at radius 3 is 2.67 bits per heavy atom. The second-order valence-electron chi connectivity index (χ2n) is 6.75. The molecule has 1 N–H and O–H groups in total. The lowest BCUT2D eigenvalue weighted by molar-refractivity contribution is -0.118. The van der Waals surface area contributed by atoms with Crippen LogP contribution in [0.2, 0.25) is 0 Å². The van der Waals surface area contributed by atoms with Crippen molar-refractivity contribution in [3.8, 4) is 11.3 Å². The Hall–Kier alpha value is -2.37. The van der Waals surface area contributed by atoms with Crippen LogP contribution in [0.3, 0.4) is 0 Å². The Labute approximate surface area is 138 Å². The number of amides is 1. The number of aromatic nitrogens is 2. The number of alkyl halides is 2. The zero-order valence-electron chi connectivity index (χ0n) is 13.2. The summed E-state index contributed by atoms with van der Waals surface area (Å²) in [6.07, 6.45) is 1.29. The molecule has 3 atom stereocenters. The molecule has 0 saturated heterocycles. The van der Waals surface area contributed by atoms with Gasteiger partial charge in [0.15, 0.2) is 0 Å². The summed E-state index contributed by atoms with van der Waals surface area (Å²) in [5.41, 5.74) is 3.30. The average Bonchev–Trinajstić information content (AvgIpc) is 3.09.